The maximum absolute atomic E-state index is 12.1. The minimum Gasteiger partial charge on any atom is -0.396 e. The monoisotopic (exact) mass is 296 g/mol. The van der Waals surface area contributed by atoms with Crippen molar-refractivity contribution in [2.24, 2.45) is 0 Å². The van der Waals surface area contributed by atoms with Gasteiger partial charge < -0.3 is 20.8 Å². The molecule has 1 fully saturated rings. The van der Waals surface area contributed by atoms with Gasteiger partial charge in [-0.05, 0) is 37.2 Å². The summed E-state index contributed by atoms with van der Waals surface area (Å²) in [7, 11) is 0. The predicted octanol–water partition coefficient (Wildman–Crippen LogP) is 0.224. The first kappa shape index (κ1) is 15.3. The number of benzene rings is 1. The van der Waals surface area contributed by atoms with E-state index in [0.29, 0.717) is 17.9 Å². The van der Waals surface area contributed by atoms with Crippen LogP contribution in [-0.4, -0.2) is 53.7 Å². The zero-order chi connectivity index (χ0) is 14.4. The molecular weight excluding hydrogens is 276 g/mol. The molecule has 1 saturated heterocycles. The number of nitrogens with one attached hydrogen (secondary N) is 2. The molecule has 0 saturated carbocycles. The molecule has 1 aromatic carbocycles. The van der Waals surface area contributed by atoms with Crippen LogP contribution in [0.4, 0.5) is 0 Å². The van der Waals surface area contributed by atoms with Gasteiger partial charge >= 0.3 is 0 Å². The van der Waals surface area contributed by atoms with E-state index in [4.69, 9.17) is 5.11 Å². The van der Waals surface area contributed by atoms with Crippen LogP contribution in [-0.2, 0) is 0 Å². The first-order valence-electron chi connectivity index (χ1n) is 6.74. The minimum atomic E-state index is -0.535. The highest BCUT2D eigenvalue weighted by atomic mass is 32.2. The van der Waals surface area contributed by atoms with Crippen LogP contribution >= 0.6 is 11.8 Å². The second kappa shape index (κ2) is 7.64. The molecule has 20 heavy (non-hydrogen) atoms. The number of carbonyl (C=O) groups excluding carboxylic acids is 1. The van der Waals surface area contributed by atoms with Crippen molar-refractivity contribution in [3.05, 3.63) is 29.8 Å². The summed E-state index contributed by atoms with van der Waals surface area (Å²) in [5.74, 6) is 0.488. The van der Waals surface area contributed by atoms with Gasteiger partial charge in [-0.15, -0.1) is 11.8 Å². The summed E-state index contributed by atoms with van der Waals surface area (Å²) in [6.45, 7) is 1.46. The quantitative estimate of drug-likeness (QED) is 0.585. The van der Waals surface area contributed by atoms with Crippen LogP contribution in [0.15, 0.2) is 29.2 Å². The first-order valence-corrected chi connectivity index (χ1v) is 7.72. The second-order valence-electron chi connectivity index (χ2n) is 4.74. The van der Waals surface area contributed by atoms with Gasteiger partial charge in [0.1, 0.15) is 0 Å². The first-order chi connectivity index (χ1) is 9.70. The Hall–Kier alpha value is -1.08. The van der Waals surface area contributed by atoms with Gasteiger partial charge in [0.05, 0.1) is 18.8 Å². The summed E-state index contributed by atoms with van der Waals surface area (Å²) < 4.78 is 0. The van der Waals surface area contributed by atoms with E-state index in [0.717, 1.165) is 17.9 Å². The van der Waals surface area contributed by atoms with Crippen molar-refractivity contribution in [1.82, 2.24) is 10.6 Å². The van der Waals surface area contributed by atoms with E-state index >= 15 is 0 Å². The lowest BCUT2D eigenvalue weighted by Crippen LogP contribution is -2.52. The maximum Gasteiger partial charge on any atom is 0.251 e. The van der Waals surface area contributed by atoms with Gasteiger partial charge in [-0.25, -0.2) is 0 Å². The van der Waals surface area contributed by atoms with E-state index in [1.807, 2.05) is 12.1 Å². The summed E-state index contributed by atoms with van der Waals surface area (Å²) >= 11 is 1.55. The van der Waals surface area contributed by atoms with Crippen molar-refractivity contribution in [2.45, 2.75) is 23.5 Å². The van der Waals surface area contributed by atoms with Crippen LogP contribution in [0.1, 0.15) is 16.8 Å². The zero-order valence-electron chi connectivity index (χ0n) is 11.2. The molecule has 1 aliphatic heterocycles. The Kier molecular flexibility index (Phi) is 5.85. The molecule has 1 amide bonds. The Morgan fingerprint density at radius 2 is 2.15 bits per heavy atom. The van der Waals surface area contributed by atoms with Crippen LogP contribution < -0.4 is 10.6 Å². The molecule has 6 heteroatoms. The minimum absolute atomic E-state index is 0.139. The normalized spacial score (nSPS) is 22.5. The number of rotatable bonds is 5. The van der Waals surface area contributed by atoms with Gasteiger partial charge in [-0.1, -0.05) is 0 Å². The molecule has 110 valence electrons. The third-order valence-electron chi connectivity index (χ3n) is 3.24. The SMILES string of the molecule is O=C(N[C@@H]1CCNC[C@H]1O)c1ccc(SCCO)cc1. The molecule has 0 aromatic heterocycles. The number of aliphatic hydroxyl groups is 2. The second-order valence-corrected chi connectivity index (χ2v) is 5.90. The maximum atomic E-state index is 12.1. The van der Waals surface area contributed by atoms with Crippen molar-refractivity contribution in [3.8, 4) is 0 Å². The van der Waals surface area contributed by atoms with E-state index in [2.05, 4.69) is 10.6 Å². The van der Waals surface area contributed by atoms with Gasteiger partial charge in [0, 0.05) is 22.8 Å². The third kappa shape index (κ3) is 4.21. The number of β-amino-alcohol motifs (C(OH)–C–C–N with tert-alkyl or cyclic N) is 1. The average Bonchev–Trinajstić information content (AvgIpc) is 2.48. The molecule has 5 nitrogen and oxygen atoms in total. The highest BCUT2D eigenvalue weighted by Crippen LogP contribution is 2.18. The lowest BCUT2D eigenvalue weighted by atomic mass is 10.0. The van der Waals surface area contributed by atoms with Crippen molar-refractivity contribution >= 4 is 17.7 Å². The zero-order valence-corrected chi connectivity index (χ0v) is 12.0. The molecule has 0 bridgehead atoms. The number of aliphatic hydroxyl groups excluding tert-OH is 2. The smallest absolute Gasteiger partial charge is 0.251 e. The summed E-state index contributed by atoms with van der Waals surface area (Å²) in [5.41, 5.74) is 0.587. The molecule has 0 aliphatic carbocycles. The molecular formula is C14H20N2O3S. The highest BCUT2D eigenvalue weighted by molar-refractivity contribution is 7.99. The fourth-order valence-electron chi connectivity index (χ4n) is 2.13. The number of piperidine rings is 1. The Bertz CT molecular complexity index is 439. The fraction of sp³-hybridized carbons (Fsp3) is 0.500. The van der Waals surface area contributed by atoms with Gasteiger partial charge in [0.15, 0.2) is 0 Å². The van der Waals surface area contributed by atoms with E-state index in [1.54, 1.807) is 23.9 Å². The van der Waals surface area contributed by atoms with E-state index in [-0.39, 0.29) is 18.6 Å². The Labute approximate surface area is 122 Å². The van der Waals surface area contributed by atoms with Gasteiger partial charge in [0.2, 0.25) is 0 Å². The highest BCUT2D eigenvalue weighted by Gasteiger charge is 2.24. The Morgan fingerprint density at radius 1 is 1.40 bits per heavy atom. The Balaban J connectivity index is 1.91. The van der Waals surface area contributed by atoms with Gasteiger partial charge in [-0.2, -0.15) is 0 Å². The summed E-state index contributed by atoms with van der Waals surface area (Å²) in [6.07, 6.45) is 0.198. The lowest BCUT2D eigenvalue weighted by Gasteiger charge is -2.29. The van der Waals surface area contributed by atoms with Gasteiger partial charge in [0.25, 0.3) is 5.91 Å². The number of hydrogen-bond donors (Lipinski definition) is 4. The molecule has 1 aliphatic rings. The molecule has 0 unspecified atom stereocenters. The number of carbonyl (C=O) groups is 1. The fourth-order valence-corrected chi connectivity index (χ4v) is 2.78. The summed E-state index contributed by atoms with van der Waals surface area (Å²) in [4.78, 5) is 13.1. The van der Waals surface area contributed by atoms with E-state index < -0.39 is 6.10 Å². The van der Waals surface area contributed by atoms with Crippen molar-refractivity contribution < 1.29 is 15.0 Å². The van der Waals surface area contributed by atoms with Crippen molar-refractivity contribution in [1.29, 1.82) is 0 Å². The van der Waals surface area contributed by atoms with Crippen LogP contribution in [0.2, 0.25) is 0 Å². The van der Waals surface area contributed by atoms with Crippen LogP contribution in [0, 0.1) is 0 Å². The summed E-state index contributed by atoms with van der Waals surface area (Å²) in [5, 5.41) is 24.5. The van der Waals surface area contributed by atoms with E-state index in [1.165, 1.54) is 0 Å². The molecule has 1 heterocycles. The number of hydrogen-bond acceptors (Lipinski definition) is 5. The number of amides is 1. The van der Waals surface area contributed by atoms with E-state index in [9.17, 15) is 9.90 Å². The topological polar surface area (TPSA) is 81.6 Å². The molecule has 0 spiro atoms. The van der Waals surface area contributed by atoms with Crippen molar-refractivity contribution in [3.63, 3.8) is 0 Å². The van der Waals surface area contributed by atoms with Gasteiger partial charge in [-0.3, -0.25) is 4.79 Å². The Morgan fingerprint density at radius 3 is 2.80 bits per heavy atom. The lowest BCUT2D eigenvalue weighted by molar-refractivity contribution is 0.0765. The molecule has 2 atom stereocenters. The molecule has 0 radical (unpaired) electrons. The largest absolute Gasteiger partial charge is 0.396 e. The number of thioether (sulfide) groups is 1. The molecule has 2 rings (SSSR count). The molecule has 1 aromatic rings. The predicted molar refractivity (Wildman–Crippen MR) is 79.0 cm³/mol. The van der Waals surface area contributed by atoms with Crippen LogP contribution in [0.25, 0.3) is 0 Å². The van der Waals surface area contributed by atoms with Crippen LogP contribution in [0.3, 0.4) is 0 Å². The summed E-state index contributed by atoms with van der Waals surface area (Å²) in [6, 6.07) is 7.08. The van der Waals surface area contributed by atoms with Crippen molar-refractivity contribution in [2.75, 3.05) is 25.4 Å². The average molecular weight is 296 g/mol. The van der Waals surface area contributed by atoms with Crippen LogP contribution in [0.5, 0.6) is 0 Å². The standard InChI is InChI=1S/C14H20N2O3S/c17-7-8-20-11-3-1-10(2-4-11)14(19)16-12-5-6-15-9-13(12)18/h1-4,12-13,15,17-18H,5-9H2,(H,16,19)/t12-,13-/m1/s1. The molecule has 4 N–H and O–H groups in total. The third-order valence-corrected chi connectivity index (χ3v) is 4.24.